The molecule has 2 heterocycles. The first-order valence-electron chi connectivity index (χ1n) is 8.24. The monoisotopic (exact) mass is 330 g/mol. The molecule has 1 fully saturated rings. The first-order valence-corrected chi connectivity index (χ1v) is 8.24. The molecule has 0 saturated heterocycles. The third kappa shape index (κ3) is 4.21. The number of rotatable bonds is 8. The molecule has 0 aliphatic heterocycles. The van der Waals surface area contributed by atoms with Crippen LogP contribution in [0, 0.1) is 6.92 Å². The Kier molecular flexibility index (Phi) is 4.93. The minimum absolute atomic E-state index is 0.223. The lowest BCUT2D eigenvalue weighted by molar-refractivity contribution is 0.0946. The Labute approximate surface area is 140 Å². The summed E-state index contributed by atoms with van der Waals surface area (Å²) < 4.78 is 5.18. The van der Waals surface area contributed by atoms with E-state index in [1.807, 2.05) is 19.9 Å². The summed E-state index contributed by atoms with van der Waals surface area (Å²) >= 11 is 0. The van der Waals surface area contributed by atoms with Crippen LogP contribution in [0.2, 0.25) is 0 Å². The lowest BCUT2D eigenvalue weighted by atomic mass is 10.3. The zero-order chi connectivity index (χ0) is 16.9. The van der Waals surface area contributed by atoms with Gasteiger partial charge < -0.3 is 20.5 Å². The Morgan fingerprint density at radius 2 is 2.08 bits per heavy atom. The van der Waals surface area contributed by atoms with E-state index in [9.17, 15) is 4.79 Å². The molecule has 3 rings (SSSR count). The normalized spacial score (nSPS) is 13.6. The molecule has 1 amide bonds. The SMILES string of the molecule is CCNc1nc(C)cc(NCCNC(=O)c2cc(C3CC3)on2)n1. The van der Waals surface area contributed by atoms with Crippen molar-refractivity contribution in [2.45, 2.75) is 32.6 Å². The van der Waals surface area contributed by atoms with Gasteiger partial charge in [-0.3, -0.25) is 4.79 Å². The number of carbonyl (C=O) groups is 1. The summed E-state index contributed by atoms with van der Waals surface area (Å²) in [5.41, 5.74) is 1.21. The topological polar surface area (TPSA) is 105 Å². The Hall–Kier alpha value is -2.64. The van der Waals surface area contributed by atoms with Crippen molar-refractivity contribution < 1.29 is 9.32 Å². The van der Waals surface area contributed by atoms with Gasteiger partial charge >= 0.3 is 0 Å². The zero-order valence-corrected chi connectivity index (χ0v) is 13.9. The van der Waals surface area contributed by atoms with E-state index in [1.165, 1.54) is 0 Å². The highest BCUT2D eigenvalue weighted by Gasteiger charge is 2.28. The van der Waals surface area contributed by atoms with Gasteiger partial charge in [0.05, 0.1) is 0 Å². The molecular formula is C16H22N6O2. The van der Waals surface area contributed by atoms with Gasteiger partial charge in [-0.15, -0.1) is 0 Å². The molecule has 0 bridgehead atoms. The summed E-state index contributed by atoms with van der Waals surface area (Å²) in [4.78, 5) is 20.7. The molecule has 8 heteroatoms. The van der Waals surface area contributed by atoms with Crippen LogP contribution >= 0.6 is 0 Å². The van der Waals surface area contributed by atoms with Crippen molar-refractivity contribution in [3.05, 3.63) is 29.3 Å². The van der Waals surface area contributed by atoms with Crippen LogP contribution in [0.4, 0.5) is 11.8 Å². The highest BCUT2D eigenvalue weighted by molar-refractivity contribution is 5.92. The minimum Gasteiger partial charge on any atom is -0.368 e. The van der Waals surface area contributed by atoms with Crippen LogP contribution in [-0.2, 0) is 0 Å². The maximum atomic E-state index is 12.0. The Balaban J connectivity index is 1.45. The van der Waals surface area contributed by atoms with Gasteiger partial charge in [0.15, 0.2) is 5.69 Å². The third-order valence-electron chi connectivity index (χ3n) is 3.65. The number of nitrogens with one attached hydrogen (secondary N) is 3. The molecule has 2 aromatic rings. The molecule has 1 aliphatic carbocycles. The van der Waals surface area contributed by atoms with Crippen molar-refractivity contribution in [1.82, 2.24) is 20.4 Å². The number of hydrogen-bond donors (Lipinski definition) is 3. The number of hydrogen-bond acceptors (Lipinski definition) is 7. The molecular weight excluding hydrogens is 308 g/mol. The highest BCUT2D eigenvalue weighted by Crippen LogP contribution is 2.40. The first kappa shape index (κ1) is 16.2. The standard InChI is InChI=1S/C16H22N6O2/c1-3-17-16-20-10(2)8-14(21-16)18-6-7-19-15(23)12-9-13(24-22-12)11-4-5-11/h8-9,11H,3-7H2,1-2H3,(H,19,23)(H2,17,18,20,21). The molecule has 8 nitrogen and oxygen atoms in total. The number of aromatic nitrogens is 3. The number of nitrogens with zero attached hydrogens (tertiary/aromatic N) is 3. The Morgan fingerprint density at radius 1 is 1.25 bits per heavy atom. The fourth-order valence-electron chi connectivity index (χ4n) is 2.31. The van der Waals surface area contributed by atoms with Gasteiger partial charge in [0.2, 0.25) is 5.95 Å². The summed E-state index contributed by atoms with van der Waals surface area (Å²) in [7, 11) is 0. The summed E-state index contributed by atoms with van der Waals surface area (Å²) in [6.45, 7) is 5.69. The van der Waals surface area contributed by atoms with E-state index >= 15 is 0 Å². The third-order valence-corrected chi connectivity index (χ3v) is 3.65. The number of anilines is 2. The molecule has 0 atom stereocenters. The van der Waals surface area contributed by atoms with Crippen LogP contribution in [-0.4, -0.2) is 40.7 Å². The lowest BCUT2D eigenvalue weighted by Gasteiger charge is -2.09. The minimum atomic E-state index is -0.223. The predicted molar refractivity (Wildman–Crippen MR) is 90.2 cm³/mol. The van der Waals surface area contributed by atoms with E-state index in [-0.39, 0.29) is 5.91 Å². The zero-order valence-electron chi connectivity index (χ0n) is 13.9. The molecule has 3 N–H and O–H groups in total. The molecule has 0 unspecified atom stereocenters. The largest absolute Gasteiger partial charge is 0.368 e. The van der Waals surface area contributed by atoms with E-state index in [0.717, 1.165) is 36.7 Å². The molecule has 24 heavy (non-hydrogen) atoms. The van der Waals surface area contributed by atoms with E-state index in [4.69, 9.17) is 4.52 Å². The highest BCUT2D eigenvalue weighted by atomic mass is 16.5. The van der Waals surface area contributed by atoms with Gasteiger partial charge in [-0.2, -0.15) is 4.98 Å². The maximum absolute atomic E-state index is 12.0. The second-order valence-corrected chi connectivity index (χ2v) is 5.82. The average molecular weight is 330 g/mol. The number of amides is 1. The van der Waals surface area contributed by atoms with Gasteiger partial charge in [-0.05, 0) is 26.7 Å². The number of carbonyl (C=O) groups excluding carboxylic acids is 1. The molecule has 0 aromatic carbocycles. The molecule has 1 aliphatic rings. The smallest absolute Gasteiger partial charge is 0.273 e. The van der Waals surface area contributed by atoms with Gasteiger partial charge in [0, 0.05) is 43.4 Å². The fraction of sp³-hybridized carbons (Fsp3) is 0.500. The lowest BCUT2D eigenvalue weighted by Crippen LogP contribution is -2.29. The molecule has 2 aromatic heterocycles. The maximum Gasteiger partial charge on any atom is 0.273 e. The first-order chi connectivity index (χ1) is 11.7. The molecule has 0 spiro atoms. The predicted octanol–water partition coefficient (Wildman–Crippen LogP) is 1.92. The second kappa shape index (κ2) is 7.29. The van der Waals surface area contributed by atoms with Gasteiger partial charge in [-0.25, -0.2) is 4.98 Å². The van der Waals surface area contributed by atoms with Crippen molar-refractivity contribution in [2.24, 2.45) is 0 Å². The van der Waals surface area contributed by atoms with Crippen molar-refractivity contribution in [3.8, 4) is 0 Å². The van der Waals surface area contributed by atoms with E-state index in [0.29, 0.717) is 30.6 Å². The van der Waals surface area contributed by atoms with E-state index in [2.05, 4.69) is 31.1 Å². The molecule has 128 valence electrons. The van der Waals surface area contributed by atoms with Crippen molar-refractivity contribution in [2.75, 3.05) is 30.3 Å². The van der Waals surface area contributed by atoms with Crippen LogP contribution in [0.15, 0.2) is 16.7 Å². The van der Waals surface area contributed by atoms with Crippen LogP contribution in [0.25, 0.3) is 0 Å². The molecule has 1 saturated carbocycles. The quantitative estimate of drug-likeness (QED) is 0.635. The van der Waals surface area contributed by atoms with Gasteiger partial charge in [0.1, 0.15) is 11.6 Å². The summed E-state index contributed by atoms with van der Waals surface area (Å²) in [5.74, 6) is 2.36. The fourth-order valence-corrected chi connectivity index (χ4v) is 2.31. The van der Waals surface area contributed by atoms with E-state index in [1.54, 1.807) is 6.07 Å². The Morgan fingerprint density at radius 3 is 2.83 bits per heavy atom. The van der Waals surface area contributed by atoms with Crippen molar-refractivity contribution in [1.29, 1.82) is 0 Å². The average Bonchev–Trinajstić information content (AvgIpc) is 3.28. The van der Waals surface area contributed by atoms with Gasteiger partial charge in [0.25, 0.3) is 5.91 Å². The van der Waals surface area contributed by atoms with Crippen LogP contribution in [0.5, 0.6) is 0 Å². The van der Waals surface area contributed by atoms with E-state index < -0.39 is 0 Å². The van der Waals surface area contributed by atoms with Crippen LogP contribution in [0.1, 0.15) is 47.6 Å². The number of aryl methyl sites for hydroxylation is 1. The Bertz CT molecular complexity index is 710. The second-order valence-electron chi connectivity index (χ2n) is 5.82. The summed E-state index contributed by atoms with van der Waals surface area (Å²) in [6.07, 6.45) is 2.24. The van der Waals surface area contributed by atoms with Crippen molar-refractivity contribution in [3.63, 3.8) is 0 Å². The summed E-state index contributed by atoms with van der Waals surface area (Å²) in [6, 6.07) is 3.60. The van der Waals surface area contributed by atoms with Gasteiger partial charge in [-0.1, -0.05) is 5.16 Å². The van der Waals surface area contributed by atoms with Crippen molar-refractivity contribution >= 4 is 17.7 Å². The van der Waals surface area contributed by atoms with Crippen LogP contribution < -0.4 is 16.0 Å². The molecule has 0 radical (unpaired) electrons. The van der Waals surface area contributed by atoms with Crippen LogP contribution in [0.3, 0.4) is 0 Å². The summed E-state index contributed by atoms with van der Waals surface area (Å²) in [5, 5.41) is 12.9.